The lowest BCUT2D eigenvalue weighted by Gasteiger charge is -2.25. The summed E-state index contributed by atoms with van der Waals surface area (Å²) >= 11 is 6.44. The number of methoxy groups -OCH3 is 2. The Morgan fingerprint density at radius 1 is 0.825 bits per heavy atom. The number of hydrogen-bond donors (Lipinski definition) is 0. The maximum Gasteiger partial charge on any atom is 0.257 e. The van der Waals surface area contributed by atoms with E-state index in [9.17, 15) is 0 Å². The molecule has 0 aliphatic carbocycles. The van der Waals surface area contributed by atoms with E-state index in [-0.39, 0.29) is 6.04 Å². The predicted molar refractivity (Wildman–Crippen MR) is 148 cm³/mol. The quantitative estimate of drug-likeness (QED) is 0.190. The molecule has 208 valence electrons. The summed E-state index contributed by atoms with van der Waals surface area (Å²) in [5, 5.41) is 13.1. The second kappa shape index (κ2) is 12.3. The first-order valence-electron chi connectivity index (χ1n) is 12.7. The van der Waals surface area contributed by atoms with E-state index in [2.05, 4.69) is 30.3 Å². The highest BCUT2D eigenvalue weighted by Gasteiger charge is 2.22. The van der Waals surface area contributed by atoms with Gasteiger partial charge < -0.3 is 18.5 Å². The number of halogens is 1. The minimum atomic E-state index is -0.101. The van der Waals surface area contributed by atoms with E-state index in [0.29, 0.717) is 48.9 Å². The number of benzene rings is 2. The van der Waals surface area contributed by atoms with Crippen molar-refractivity contribution < 1.29 is 18.5 Å². The summed E-state index contributed by atoms with van der Waals surface area (Å²) in [7, 11) is 3.25. The molecule has 11 nitrogen and oxygen atoms in total. The monoisotopic (exact) mass is 563 g/mol. The molecule has 0 bridgehead atoms. The largest absolute Gasteiger partial charge is 0.497 e. The van der Waals surface area contributed by atoms with Crippen LogP contribution in [0.3, 0.4) is 0 Å². The maximum atomic E-state index is 6.44. The predicted octanol–water partition coefficient (Wildman–Crippen LogP) is 5.10. The van der Waals surface area contributed by atoms with Gasteiger partial charge in [-0.25, -0.2) is 0 Å². The summed E-state index contributed by atoms with van der Waals surface area (Å²) in [4.78, 5) is 11.4. The van der Waals surface area contributed by atoms with E-state index in [0.717, 1.165) is 34.0 Å². The van der Waals surface area contributed by atoms with Crippen LogP contribution >= 0.6 is 11.6 Å². The van der Waals surface area contributed by atoms with Crippen LogP contribution in [0, 0.1) is 13.8 Å². The normalized spacial score (nSPS) is 12.2. The van der Waals surface area contributed by atoms with Crippen LogP contribution in [0.15, 0.2) is 63.6 Å². The summed E-state index contributed by atoms with van der Waals surface area (Å²) in [6.07, 6.45) is 0. The molecule has 0 radical (unpaired) electrons. The lowest BCUT2D eigenvalue weighted by atomic mass is 10.2. The molecule has 0 amide bonds. The van der Waals surface area contributed by atoms with Crippen LogP contribution in [-0.4, -0.2) is 61.6 Å². The van der Waals surface area contributed by atoms with Crippen molar-refractivity contribution in [3.05, 3.63) is 77.6 Å². The minimum absolute atomic E-state index is 0.101. The average molecular weight is 564 g/mol. The Morgan fingerprint density at radius 2 is 1.32 bits per heavy atom. The molecule has 0 N–H and O–H groups in total. The summed E-state index contributed by atoms with van der Waals surface area (Å²) in [6.45, 7) is 5.28. The molecule has 0 fully saturated rings. The second-order valence-corrected chi connectivity index (χ2v) is 9.65. The third kappa shape index (κ3) is 6.32. The van der Waals surface area contributed by atoms with Crippen molar-refractivity contribution in [3.8, 4) is 34.4 Å². The van der Waals surface area contributed by atoms with E-state index in [1.54, 1.807) is 14.2 Å². The number of alkyl halides is 1. The van der Waals surface area contributed by atoms with Gasteiger partial charge in [0.25, 0.3) is 11.8 Å². The number of rotatable bonds is 12. The number of ether oxygens (including phenoxy) is 2. The van der Waals surface area contributed by atoms with E-state index in [1.807, 2.05) is 73.1 Å². The number of nitrogens with zero attached hydrogens (tertiary/aromatic N) is 7. The molecule has 12 heteroatoms. The highest BCUT2D eigenvalue weighted by atomic mass is 35.5. The Morgan fingerprint density at radius 3 is 1.73 bits per heavy atom. The molecular formula is C28H30ClN7O4. The Hall–Kier alpha value is -4.22. The summed E-state index contributed by atoms with van der Waals surface area (Å²) in [6, 6.07) is 16.8. The van der Waals surface area contributed by atoms with Crippen LogP contribution in [0.25, 0.3) is 22.9 Å². The zero-order chi connectivity index (χ0) is 28.1. The lowest BCUT2D eigenvalue weighted by molar-refractivity contribution is 0.201. The van der Waals surface area contributed by atoms with Gasteiger partial charge in [-0.3, -0.25) is 9.58 Å². The third-order valence-corrected chi connectivity index (χ3v) is 6.73. The number of aromatic nitrogens is 6. The smallest absolute Gasteiger partial charge is 0.257 e. The summed E-state index contributed by atoms with van der Waals surface area (Å²) in [5.41, 5.74) is 3.57. The first-order valence-corrected chi connectivity index (χ1v) is 13.2. The minimum Gasteiger partial charge on any atom is -0.497 e. The molecule has 0 saturated heterocycles. The highest BCUT2D eigenvalue weighted by Crippen LogP contribution is 2.24. The topological polar surface area (TPSA) is 117 Å². The molecule has 3 aromatic heterocycles. The van der Waals surface area contributed by atoms with Crippen molar-refractivity contribution in [3.63, 3.8) is 0 Å². The van der Waals surface area contributed by atoms with E-state index < -0.39 is 0 Å². The van der Waals surface area contributed by atoms with Gasteiger partial charge >= 0.3 is 0 Å². The summed E-state index contributed by atoms with van der Waals surface area (Å²) in [5.74, 6) is 3.75. The van der Waals surface area contributed by atoms with Crippen molar-refractivity contribution in [1.29, 1.82) is 0 Å². The molecule has 3 heterocycles. The average Bonchev–Trinajstić information content (AvgIpc) is 3.72. The van der Waals surface area contributed by atoms with Crippen LogP contribution in [0.4, 0.5) is 0 Å². The SMILES string of the molecule is COc1ccc(-c2nc(CN(Cc3noc(-c4ccc(OC)cc4)n3)C[C@@H](CCl)n3nc(C)cc3C)no2)cc1. The van der Waals surface area contributed by atoms with Gasteiger partial charge in [-0.2, -0.15) is 15.1 Å². The molecule has 5 aromatic rings. The molecule has 0 saturated carbocycles. The molecule has 0 aliphatic rings. The van der Waals surface area contributed by atoms with Crippen LogP contribution < -0.4 is 9.47 Å². The van der Waals surface area contributed by atoms with Crippen molar-refractivity contribution in [2.24, 2.45) is 0 Å². The van der Waals surface area contributed by atoms with Crippen molar-refractivity contribution in [1.82, 2.24) is 35.0 Å². The second-order valence-electron chi connectivity index (χ2n) is 9.34. The Labute approximate surface area is 236 Å². The van der Waals surface area contributed by atoms with Gasteiger partial charge in [0.1, 0.15) is 11.5 Å². The standard InChI is InChI=1S/C28H30ClN7O4/c1-18-13-19(2)36(32-18)22(14-29)15-35(16-25-30-27(39-33-25)20-5-9-23(37-3)10-6-20)17-26-31-28(40-34-26)21-7-11-24(38-4)12-8-21/h5-13,22H,14-17H2,1-4H3/t22-/m1/s1. The highest BCUT2D eigenvalue weighted by molar-refractivity contribution is 6.18. The Kier molecular flexibility index (Phi) is 8.42. The first kappa shape index (κ1) is 27.4. The van der Waals surface area contributed by atoms with Crippen molar-refractivity contribution in [2.75, 3.05) is 26.6 Å². The van der Waals surface area contributed by atoms with Crippen molar-refractivity contribution >= 4 is 11.6 Å². The number of hydrogen-bond acceptors (Lipinski definition) is 10. The molecule has 1 atom stereocenters. The van der Waals surface area contributed by atoms with Gasteiger partial charge in [-0.15, -0.1) is 11.6 Å². The van der Waals surface area contributed by atoms with E-state index >= 15 is 0 Å². The summed E-state index contributed by atoms with van der Waals surface area (Å²) < 4.78 is 23.6. The zero-order valence-electron chi connectivity index (χ0n) is 22.7. The molecule has 2 aromatic carbocycles. The molecular weight excluding hydrogens is 534 g/mol. The Balaban J connectivity index is 1.37. The van der Waals surface area contributed by atoms with Crippen LogP contribution in [0.2, 0.25) is 0 Å². The molecule has 5 rings (SSSR count). The van der Waals surface area contributed by atoms with Gasteiger partial charge in [0, 0.05) is 29.2 Å². The lowest BCUT2D eigenvalue weighted by Crippen LogP contribution is -2.33. The Bertz CT molecular complexity index is 1440. The fourth-order valence-electron chi connectivity index (χ4n) is 4.43. The first-order chi connectivity index (χ1) is 19.4. The van der Waals surface area contributed by atoms with Crippen molar-refractivity contribution in [2.45, 2.75) is 33.0 Å². The number of aryl methyl sites for hydroxylation is 2. The van der Waals surface area contributed by atoms with E-state index in [1.165, 1.54) is 0 Å². The van der Waals surface area contributed by atoms with Gasteiger partial charge in [0.2, 0.25) is 0 Å². The van der Waals surface area contributed by atoms with Crippen LogP contribution in [0.1, 0.15) is 29.1 Å². The van der Waals surface area contributed by atoms with Gasteiger partial charge in [-0.1, -0.05) is 10.3 Å². The van der Waals surface area contributed by atoms with Gasteiger partial charge in [-0.05, 0) is 68.4 Å². The third-order valence-electron chi connectivity index (χ3n) is 6.38. The van der Waals surface area contributed by atoms with Crippen LogP contribution in [-0.2, 0) is 13.1 Å². The molecule has 0 unspecified atom stereocenters. The fraction of sp³-hybridized carbons (Fsp3) is 0.321. The van der Waals surface area contributed by atoms with Gasteiger partial charge in [0.05, 0.1) is 39.0 Å². The van der Waals surface area contributed by atoms with E-state index in [4.69, 9.17) is 30.1 Å². The fourth-order valence-corrected chi connectivity index (χ4v) is 4.66. The zero-order valence-corrected chi connectivity index (χ0v) is 23.5. The molecule has 0 aliphatic heterocycles. The molecule has 40 heavy (non-hydrogen) atoms. The molecule has 0 spiro atoms. The maximum absolute atomic E-state index is 6.44. The van der Waals surface area contributed by atoms with Crippen LogP contribution in [0.5, 0.6) is 11.5 Å². The van der Waals surface area contributed by atoms with Gasteiger partial charge in [0.15, 0.2) is 11.6 Å².